The lowest BCUT2D eigenvalue weighted by Gasteiger charge is -2.31. The molecule has 0 aliphatic carbocycles. The number of rotatable bonds is 5. The lowest BCUT2D eigenvalue weighted by molar-refractivity contribution is 0.213. The van der Waals surface area contributed by atoms with Gasteiger partial charge in [-0.2, -0.15) is 10.4 Å². The van der Waals surface area contributed by atoms with Crippen LogP contribution in [0.15, 0.2) is 60.7 Å². The number of piperidine rings is 1. The molecule has 3 aromatic rings. The first kappa shape index (κ1) is 17.5. The van der Waals surface area contributed by atoms with Crippen LogP contribution in [0.3, 0.4) is 0 Å². The zero-order valence-electron chi connectivity index (χ0n) is 15.4. The maximum absolute atomic E-state index is 9.08. The third kappa shape index (κ3) is 4.27. The number of H-pyrrole nitrogens is 1. The average molecular weight is 356 g/mol. The van der Waals surface area contributed by atoms with Crippen LogP contribution >= 0.6 is 0 Å². The average Bonchev–Trinajstić information content (AvgIpc) is 3.24. The summed E-state index contributed by atoms with van der Waals surface area (Å²) < 4.78 is 0. The van der Waals surface area contributed by atoms with Crippen LogP contribution in [0.4, 0.5) is 0 Å². The molecule has 0 bridgehead atoms. The van der Waals surface area contributed by atoms with Crippen molar-refractivity contribution in [3.8, 4) is 17.3 Å². The highest BCUT2D eigenvalue weighted by atomic mass is 15.1. The molecule has 4 rings (SSSR count). The Kier molecular flexibility index (Phi) is 5.32. The van der Waals surface area contributed by atoms with E-state index in [2.05, 4.69) is 57.6 Å². The fourth-order valence-electron chi connectivity index (χ4n) is 3.84. The Morgan fingerprint density at radius 3 is 2.63 bits per heavy atom. The molecule has 136 valence electrons. The molecule has 27 heavy (non-hydrogen) atoms. The molecule has 1 aliphatic rings. The van der Waals surface area contributed by atoms with Crippen LogP contribution in [0, 0.1) is 11.3 Å². The van der Waals surface area contributed by atoms with Gasteiger partial charge in [0, 0.05) is 23.7 Å². The second-order valence-corrected chi connectivity index (χ2v) is 7.25. The molecule has 4 nitrogen and oxygen atoms in total. The van der Waals surface area contributed by atoms with E-state index in [1.165, 1.54) is 11.3 Å². The zero-order valence-corrected chi connectivity index (χ0v) is 15.4. The molecular weight excluding hydrogens is 332 g/mol. The SMILES string of the molecule is N#Cc1cccc(-c2cc(C3CCN(CCc4ccccc4)CC3)[nH]n2)c1. The second-order valence-electron chi connectivity index (χ2n) is 7.25. The van der Waals surface area contributed by atoms with Crippen LogP contribution in [0.1, 0.15) is 35.6 Å². The maximum Gasteiger partial charge on any atom is 0.0991 e. The van der Waals surface area contributed by atoms with E-state index >= 15 is 0 Å². The van der Waals surface area contributed by atoms with Crippen molar-refractivity contribution < 1.29 is 0 Å². The molecule has 0 spiro atoms. The Balaban J connectivity index is 1.33. The van der Waals surface area contributed by atoms with Crippen LogP contribution in [0.2, 0.25) is 0 Å². The molecule has 0 amide bonds. The summed E-state index contributed by atoms with van der Waals surface area (Å²) in [5.41, 5.74) is 5.22. The molecule has 0 atom stereocenters. The molecule has 1 saturated heterocycles. The van der Waals surface area contributed by atoms with Crippen LogP contribution < -0.4 is 0 Å². The molecule has 2 heterocycles. The van der Waals surface area contributed by atoms with Gasteiger partial charge in [-0.15, -0.1) is 0 Å². The van der Waals surface area contributed by atoms with Gasteiger partial charge in [0.1, 0.15) is 0 Å². The predicted molar refractivity (Wildman–Crippen MR) is 107 cm³/mol. The van der Waals surface area contributed by atoms with Gasteiger partial charge in [-0.05, 0) is 56.1 Å². The Labute approximate surface area is 160 Å². The molecule has 1 aromatic heterocycles. The lowest BCUT2D eigenvalue weighted by atomic mass is 9.93. The first-order valence-electron chi connectivity index (χ1n) is 9.64. The van der Waals surface area contributed by atoms with Gasteiger partial charge < -0.3 is 4.90 Å². The largest absolute Gasteiger partial charge is 0.303 e. The first-order valence-corrected chi connectivity index (χ1v) is 9.64. The Hall–Kier alpha value is -2.90. The van der Waals surface area contributed by atoms with Gasteiger partial charge in [0.15, 0.2) is 0 Å². The minimum atomic E-state index is 0.540. The summed E-state index contributed by atoms with van der Waals surface area (Å²) in [6.07, 6.45) is 3.44. The third-order valence-electron chi connectivity index (χ3n) is 5.47. The monoisotopic (exact) mass is 356 g/mol. The number of aromatic nitrogens is 2. The number of hydrogen-bond acceptors (Lipinski definition) is 3. The zero-order chi connectivity index (χ0) is 18.5. The predicted octanol–water partition coefficient (Wildman–Crippen LogP) is 4.37. The van der Waals surface area contributed by atoms with Crippen molar-refractivity contribution in [2.45, 2.75) is 25.2 Å². The normalized spacial score (nSPS) is 15.5. The van der Waals surface area contributed by atoms with Crippen LogP contribution in [0.25, 0.3) is 11.3 Å². The Bertz CT molecular complexity index is 915. The molecule has 1 fully saturated rings. The summed E-state index contributed by atoms with van der Waals surface area (Å²) in [6.45, 7) is 3.40. The standard InChI is InChI=1S/C23H24N4/c24-17-19-7-4-8-21(15-19)23-16-22(25-26-23)20-10-13-27(14-11-20)12-9-18-5-2-1-3-6-18/h1-8,15-16,20H,9-14H2,(H,25,26). The molecular formula is C23H24N4. The van der Waals surface area contributed by atoms with Crippen LogP contribution in [-0.4, -0.2) is 34.7 Å². The van der Waals surface area contributed by atoms with Crippen molar-refractivity contribution >= 4 is 0 Å². The van der Waals surface area contributed by atoms with Gasteiger partial charge in [0.2, 0.25) is 0 Å². The fourth-order valence-corrected chi connectivity index (χ4v) is 3.84. The Morgan fingerprint density at radius 2 is 1.85 bits per heavy atom. The number of likely N-dealkylation sites (tertiary alicyclic amines) is 1. The number of nitrogens with one attached hydrogen (secondary N) is 1. The molecule has 0 saturated carbocycles. The summed E-state index contributed by atoms with van der Waals surface area (Å²) in [6, 6.07) is 22.7. The summed E-state index contributed by atoms with van der Waals surface area (Å²) in [7, 11) is 0. The summed E-state index contributed by atoms with van der Waals surface area (Å²) >= 11 is 0. The lowest BCUT2D eigenvalue weighted by Crippen LogP contribution is -2.34. The van der Waals surface area contributed by atoms with Gasteiger partial charge in [0.05, 0.1) is 17.3 Å². The quantitative estimate of drug-likeness (QED) is 0.738. The molecule has 1 aliphatic heterocycles. The van der Waals surface area contributed by atoms with E-state index in [1.54, 1.807) is 0 Å². The fraction of sp³-hybridized carbons (Fsp3) is 0.304. The minimum Gasteiger partial charge on any atom is -0.303 e. The van der Waals surface area contributed by atoms with E-state index in [1.807, 2.05) is 24.3 Å². The molecule has 2 aromatic carbocycles. The highest BCUT2D eigenvalue weighted by Crippen LogP contribution is 2.29. The van der Waals surface area contributed by atoms with E-state index in [0.717, 1.165) is 50.2 Å². The number of benzene rings is 2. The minimum absolute atomic E-state index is 0.540. The number of hydrogen-bond donors (Lipinski definition) is 1. The van der Waals surface area contributed by atoms with Gasteiger partial charge in [-0.3, -0.25) is 5.10 Å². The van der Waals surface area contributed by atoms with Crippen molar-refractivity contribution in [3.05, 3.63) is 77.5 Å². The highest BCUT2D eigenvalue weighted by molar-refractivity contribution is 5.61. The van der Waals surface area contributed by atoms with Crippen molar-refractivity contribution in [1.29, 1.82) is 5.26 Å². The van der Waals surface area contributed by atoms with Crippen LogP contribution in [-0.2, 0) is 6.42 Å². The summed E-state index contributed by atoms with van der Waals surface area (Å²) in [5, 5.41) is 16.8. The van der Waals surface area contributed by atoms with Gasteiger partial charge >= 0.3 is 0 Å². The molecule has 0 unspecified atom stereocenters. The smallest absolute Gasteiger partial charge is 0.0991 e. The summed E-state index contributed by atoms with van der Waals surface area (Å²) in [4.78, 5) is 2.57. The van der Waals surface area contributed by atoms with E-state index < -0.39 is 0 Å². The Morgan fingerprint density at radius 1 is 1.04 bits per heavy atom. The molecule has 1 N–H and O–H groups in total. The second kappa shape index (κ2) is 8.20. The van der Waals surface area contributed by atoms with Crippen LogP contribution in [0.5, 0.6) is 0 Å². The van der Waals surface area contributed by atoms with E-state index in [9.17, 15) is 0 Å². The van der Waals surface area contributed by atoms with Gasteiger partial charge in [-0.1, -0.05) is 42.5 Å². The van der Waals surface area contributed by atoms with E-state index in [-0.39, 0.29) is 0 Å². The molecule has 4 heteroatoms. The van der Waals surface area contributed by atoms with Gasteiger partial charge in [0.25, 0.3) is 0 Å². The number of nitriles is 1. The first-order chi connectivity index (χ1) is 13.3. The van der Waals surface area contributed by atoms with E-state index in [0.29, 0.717) is 11.5 Å². The summed E-state index contributed by atoms with van der Waals surface area (Å²) in [5.74, 6) is 0.540. The number of aromatic amines is 1. The topological polar surface area (TPSA) is 55.7 Å². The van der Waals surface area contributed by atoms with Crippen molar-refractivity contribution in [2.75, 3.05) is 19.6 Å². The third-order valence-corrected chi connectivity index (χ3v) is 5.47. The maximum atomic E-state index is 9.08. The molecule has 0 radical (unpaired) electrons. The number of nitrogens with zero attached hydrogens (tertiary/aromatic N) is 3. The van der Waals surface area contributed by atoms with Crippen molar-refractivity contribution in [2.24, 2.45) is 0 Å². The van der Waals surface area contributed by atoms with E-state index in [4.69, 9.17) is 5.26 Å². The van der Waals surface area contributed by atoms with Crippen molar-refractivity contribution in [3.63, 3.8) is 0 Å². The van der Waals surface area contributed by atoms with Crippen molar-refractivity contribution in [1.82, 2.24) is 15.1 Å². The van der Waals surface area contributed by atoms with Gasteiger partial charge in [-0.25, -0.2) is 0 Å². The highest BCUT2D eigenvalue weighted by Gasteiger charge is 2.22.